The third kappa shape index (κ3) is 6.51. The minimum atomic E-state index is -4.71. The molecule has 1 amide bonds. The van der Waals surface area contributed by atoms with E-state index in [1.165, 1.54) is 12.1 Å². The maximum absolute atomic E-state index is 12.9. The molecular formula is C27H26F3N3O6. The van der Waals surface area contributed by atoms with Crippen molar-refractivity contribution in [2.75, 3.05) is 19.8 Å². The average molecular weight is 546 g/mol. The number of carbonyl (C=O) groups excluding carboxylic acids is 1. The van der Waals surface area contributed by atoms with Gasteiger partial charge in [-0.05, 0) is 55.0 Å². The Labute approximate surface area is 221 Å². The Morgan fingerprint density at radius 2 is 1.85 bits per heavy atom. The second kappa shape index (κ2) is 11.4. The van der Waals surface area contributed by atoms with Crippen molar-refractivity contribution in [3.63, 3.8) is 0 Å². The second-order valence-corrected chi connectivity index (χ2v) is 9.07. The van der Waals surface area contributed by atoms with Gasteiger partial charge in [0.15, 0.2) is 5.76 Å². The first kappa shape index (κ1) is 26.5. The van der Waals surface area contributed by atoms with Gasteiger partial charge in [-0.15, -0.1) is 0 Å². The largest absolute Gasteiger partial charge is 0.491 e. The number of hydrogen-bond donors (Lipinski definition) is 1. The maximum atomic E-state index is 12.9. The number of carbonyl (C=O) groups is 1. The lowest BCUT2D eigenvalue weighted by Crippen LogP contribution is -2.38. The van der Waals surface area contributed by atoms with Crippen LogP contribution in [0.1, 0.15) is 42.6 Å². The molecule has 0 unspecified atom stereocenters. The van der Waals surface area contributed by atoms with E-state index in [9.17, 15) is 18.0 Å². The monoisotopic (exact) mass is 545 g/mol. The lowest BCUT2D eigenvalue weighted by Gasteiger charge is -2.23. The number of halogens is 3. The zero-order valence-electron chi connectivity index (χ0n) is 21.0. The van der Waals surface area contributed by atoms with Crippen molar-refractivity contribution in [1.82, 2.24) is 15.5 Å². The van der Waals surface area contributed by atoms with E-state index in [0.29, 0.717) is 42.3 Å². The predicted molar refractivity (Wildman–Crippen MR) is 132 cm³/mol. The highest BCUT2D eigenvalue weighted by atomic mass is 19.4. The Morgan fingerprint density at radius 1 is 1.10 bits per heavy atom. The van der Waals surface area contributed by atoms with Crippen LogP contribution in [0.5, 0.6) is 11.5 Å². The zero-order chi connectivity index (χ0) is 27.4. The number of nitrogens with zero attached hydrogens (tertiary/aromatic N) is 2. The van der Waals surface area contributed by atoms with Gasteiger partial charge in [0.05, 0.1) is 19.3 Å². The molecule has 1 N–H and O–H groups in total. The second-order valence-electron chi connectivity index (χ2n) is 9.07. The van der Waals surface area contributed by atoms with E-state index >= 15 is 0 Å². The summed E-state index contributed by atoms with van der Waals surface area (Å²) >= 11 is 0. The van der Waals surface area contributed by atoms with Crippen LogP contribution in [0.25, 0.3) is 22.4 Å². The van der Waals surface area contributed by atoms with Crippen molar-refractivity contribution in [3.8, 4) is 22.9 Å². The van der Waals surface area contributed by atoms with E-state index < -0.39 is 12.1 Å². The van der Waals surface area contributed by atoms with Crippen molar-refractivity contribution in [1.29, 1.82) is 0 Å². The summed E-state index contributed by atoms with van der Waals surface area (Å²) in [6.07, 6.45) is -2.34. The molecule has 9 nitrogen and oxygen atoms in total. The van der Waals surface area contributed by atoms with Gasteiger partial charge in [-0.1, -0.05) is 12.1 Å². The van der Waals surface area contributed by atoms with Crippen LogP contribution in [-0.4, -0.2) is 48.0 Å². The van der Waals surface area contributed by atoms with Gasteiger partial charge in [0.25, 0.3) is 5.91 Å². The summed E-state index contributed by atoms with van der Waals surface area (Å²) in [7, 11) is 0. The van der Waals surface area contributed by atoms with Crippen LogP contribution in [0.4, 0.5) is 13.2 Å². The van der Waals surface area contributed by atoms with Crippen LogP contribution >= 0.6 is 0 Å². The fourth-order valence-corrected chi connectivity index (χ4v) is 4.06. The van der Waals surface area contributed by atoms with Crippen LogP contribution in [0.15, 0.2) is 57.5 Å². The molecule has 12 heteroatoms. The molecular weight excluding hydrogens is 519 g/mol. The molecule has 0 spiro atoms. The lowest BCUT2D eigenvalue weighted by molar-refractivity contribution is -0.159. The number of aromatic nitrogens is 2. The summed E-state index contributed by atoms with van der Waals surface area (Å²) in [6.45, 7) is 3.45. The molecule has 3 heterocycles. The Hall–Kier alpha value is -4.06. The number of ether oxygens (including phenoxy) is 3. The molecule has 0 aliphatic carbocycles. The van der Waals surface area contributed by atoms with Crippen molar-refractivity contribution >= 4 is 16.9 Å². The SMILES string of the molecule is CC[C@@H](COc1ccc(-c2noc(C(F)(F)F)n2)cc1)NC(=O)c1cc2cc(OC3CCOCC3)ccc2o1. The third-order valence-electron chi connectivity index (χ3n) is 6.24. The summed E-state index contributed by atoms with van der Waals surface area (Å²) in [5.74, 6) is -0.607. The molecule has 1 saturated heterocycles. The first-order valence-corrected chi connectivity index (χ1v) is 12.5. The van der Waals surface area contributed by atoms with Gasteiger partial charge in [0.2, 0.25) is 5.82 Å². The molecule has 1 aliphatic rings. The number of fused-ring (bicyclic) bond motifs is 1. The number of furan rings is 1. The van der Waals surface area contributed by atoms with E-state index in [0.717, 1.165) is 18.2 Å². The summed E-state index contributed by atoms with van der Waals surface area (Å²) in [6, 6.07) is 13.0. The van der Waals surface area contributed by atoms with E-state index in [1.807, 2.05) is 19.1 Å². The van der Waals surface area contributed by atoms with Crippen LogP contribution < -0.4 is 14.8 Å². The molecule has 5 rings (SSSR count). The van der Waals surface area contributed by atoms with Crippen LogP contribution in [0.3, 0.4) is 0 Å². The predicted octanol–water partition coefficient (Wildman–Crippen LogP) is 5.65. The standard InChI is InChI=1S/C27H26F3N3O6/c1-2-18(15-36-19-5-3-16(4-6-19)24-32-26(39-33-24)27(28,29)30)31-25(34)23-14-17-13-21(7-8-22(17)38-23)37-20-9-11-35-12-10-20/h3-8,13-14,18,20H,2,9-12,15H2,1H3,(H,31,34)/t18-/m0/s1. The van der Waals surface area contributed by atoms with Crippen LogP contribution in [-0.2, 0) is 10.9 Å². The molecule has 0 saturated carbocycles. The van der Waals surface area contributed by atoms with Gasteiger partial charge < -0.3 is 28.5 Å². The molecule has 0 radical (unpaired) electrons. The number of amides is 1. The minimum Gasteiger partial charge on any atom is -0.491 e. The number of nitrogens with one attached hydrogen (secondary N) is 1. The average Bonchev–Trinajstić information content (AvgIpc) is 3.60. The molecule has 0 bridgehead atoms. The summed E-state index contributed by atoms with van der Waals surface area (Å²) < 4.78 is 65.2. The number of benzene rings is 2. The molecule has 206 valence electrons. The summed E-state index contributed by atoms with van der Waals surface area (Å²) in [4.78, 5) is 16.2. The van der Waals surface area contributed by atoms with Gasteiger partial charge >= 0.3 is 12.1 Å². The lowest BCUT2D eigenvalue weighted by atomic mass is 10.1. The number of rotatable bonds is 9. The Balaban J connectivity index is 1.16. The summed E-state index contributed by atoms with van der Waals surface area (Å²) in [5.41, 5.74) is 0.918. The van der Waals surface area contributed by atoms with E-state index in [-0.39, 0.29) is 36.2 Å². The highest BCUT2D eigenvalue weighted by Crippen LogP contribution is 2.30. The molecule has 1 atom stereocenters. The third-order valence-corrected chi connectivity index (χ3v) is 6.24. The van der Waals surface area contributed by atoms with Crippen molar-refractivity contribution in [2.24, 2.45) is 0 Å². The van der Waals surface area contributed by atoms with Gasteiger partial charge in [0.1, 0.15) is 29.8 Å². The highest BCUT2D eigenvalue weighted by Gasteiger charge is 2.38. The molecule has 2 aromatic carbocycles. The fourth-order valence-electron chi connectivity index (χ4n) is 4.06. The maximum Gasteiger partial charge on any atom is 0.471 e. The van der Waals surface area contributed by atoms with E-state index in [1.54, 1.807) is 24.3 Å². The van der Waals surface area contributed by atoms with Gasteiger partial charge in [-0.25, -0.2) is 0 Å². The first-order valence-electron chi connectivity index (χ1n) is 12.5. The minimum absolute atomic E-state index is 0.105. The van der Waals surface area contributed by atoms with Gasteiger partial charge in [-0.3, -0.25) is 4.79 Å². The normalized spacial score (nSPS) is 15.3. The van der Waals surface area contributed by atoms with Gasteiger partial charge in [0, 0.05) is 23.8 Å². The quantitative estimate of drug-likeness (QED) is 0.288. The first-order chi connectivity index (χ1) is 18.8. The Kier molecular flexibility index (Phi) is 7.73. The molecule has 4 aromatic rings. The Bertz CT molecular complexity index is 1410. The van der Waals surface area contributed by atoms with Crippen molar-refractivity contribution < 1.29 is 41.1 Å². The fraction of sp³-hybridized carbons (Fsp3) is 0.370. The molecule has 39 heavy (non-hydrogen) atoms. The smallest absolute Gasteiger partial charge is 0.471 e. The number of alkyl halides is 3. The van der Waals surface area contributed by atoms with E-state index in [2.05, 4.69) is 20.0 Å². The van der Waals surface area contributed by atoms with Crippen LogP contribution in [0, 0.1) is 0 Å². The zero-order valence-corrected chi connectivity index (χ0v) is 21.0. The molecule has 1 fully saturated rings. The van der Waals surface area contributed by atoms with Crippen molar-refractivity contribution in [3.05, 3.63) is 60.2 Å². The Morgan fingerprint density at radius 3 is 2.54 bits per heavy atom. The summed E-state index contributed by atoms with van der Waals surface area (Å²) in [5, 5.41) is 7.03. The molecule has 1 aliphatic heterocycles. The van der Waals surface area contributed by atoms with Crippen molar-refractivity contribution in [2.45, 2.75) is 44.5 Å². The topological polar surface area (TPSA) is 109 Å². The number of hydrogen-bond acceptors (Lipinski definition) is 8. The van der Waals surface area contributed by atoms with Gasteiger partial charge in [-0.2, -0.15) is 18.2 Å². The van der Waals surface area contributed by atoms with E-state index in [4.69, 9.17) is 18.6 Å². The van der Waals surface area contributed by atoms with Crippen LogP contribution in [0.2, 0.25) is 0 Å². The highest BCUT2D eigenvalue weighted by molar-refractivity contribution is 5.96. The molecule has 2 aromatic heterocycles.